The van der Waals surface area contributed by atoms with Crippen molar-refractivity contribution in [2.45, 2.75) is 13.3 Å². The molecule has 1 fully saturated rings. The number of piperidine rings is 1. The molecule has 1 rings (SSSR count). The Bertz CT molecular complexity index is 4180. The largest absolute Gasteiger partial charge is 0.465 e. The van der Waals surface area contributed by atoms with Gasteiger partial charge in [-0.05, 0) is 85.3 Å². The molecule has 0 aromatic carbocycles. The molecule has 0 amide bonds. The third kappa shape index (κ3) is 70.3. The van der Waals surface area contributed by atoms with Crippen molar-refractivity contribution < 1.29 is 14.3 Å². The maximum atomic E-state index is 11.9. The molecule has 1 aliphatic rings. The van der Waals surface area contributed by atoms with Gasteiger partial charge < -0.3 is 10.6 Å². The van der Waals surface area contributed by atoms with E-state index in [9.17, 15) is 9.59 Å². The van der Waals surface area contributed by atoms with E-state index in [1.165, 1.54) is 5.01 Å². The summed E-state index contributed by atoms with van der Waals surface area (Å²) in [5.74, 6) is 2.76. The molecule has 0 aromatic rings. The predicted molar refractivity (Wildman–Crippen MR) is 283 cm³/mol. The molecule has 103 nitrogen and oxygen atoms in total. The summed E-state index contributed by atoms with van der Waals surface area (Å²) >= 11 is 0. The molecular formula is C8H14N100O3. The number of nitrogens with zero attached hydrogens (tertiary/aromatic N) is 99. The van der Waals surface area contributed by atoms with E-state index in [4.69, 9.17) is 4.74 Å². The topological polar surface area (TPSA) is 1280 Å². The van der Waals surface area contributed by atoms with E-state index in [0.717, 1.165) is 0 Å². The summed E-state index contributed by atoms with van der Waals surface area (Å²) in [5.41, 5.74) is 0. The second-order valence-electron chi connectivity index (χ2n) is 11.7. The highest BCUT2D eigenvalue weighted by molar-refractivity contribution is 5.99. The normalized spacial score (nSPS) is 16.8. The molecule has 111 heavy (non-hydrogen) atoms. The van der Waals surface area contributed by atoms with Gasteiger partial charge in [-0.2, -0.15) is 0 Å². The molecule has 564 valence electrons. The van der Waals surface area contributed by atoms with E-state index in [2.05, 4.69) is 518 Å². The van der Waals surface area contributed by atoms with Crippen LogP contribution in [0, 0.1) is 5.92 Å². The Kier molecular flexibility index (Phi) is 62.1. The smallest absolute Gasteiger partial charge is 0.318 e. The van der Waals surface area contributed by atoms with Gasteiger partial charge in [0, 0.05) is 441 Å². The Morgan fingerprint density at radius 1 is 0.243 bits per heavy atom. The van der Waals surface area contributed by atoms with E-state index in [-0.39, 0.29) is 31.9 Å². The van der Waals surface area contributed by atoms with Gasteiger partial charge in [0.15, 0.2) is 5.78 Å². The summed E-state index contributed by atoms with van der Waals surface area (Å²) in [5, 5.41) is 297. The molecule has 1 unspecified atom stereocenters. The average Bonchev–Trinajstić information content (AvgIpc) is 0.855. The molecule has 0 spiro atoms. The van der Waals surface area contributed by atoms with Gasteiger partial charge in [-0.15, -0.1) is 0 Å². The van der Waals surface area contributed by atoms with Crippen LogP contribution in [0.3, 0.4) is 0 Å². The van der Waals surface area contributed by atoms with Crippen molar-refractivity contribution in [2.75, 3.05) is 19.7 Å². The van der Waals surface area contributed by atoms with Crippen LogP contribution in [0.2, 0.25) is 0 Å². The highest BCUT2D eigenvalue weighted by Gasteiger charge is 2.34. The number of rotatable bonds is 51. The fraction of sp³-hybridized carbons (Fsp3) is 0.750. The molecular weight excluding hydrogens is 1540 g/mol. The van der Waals surface area contributed by atoms with Crippen molar-refractivity contribution >= 4 is 11.8 Å². The first-order valence-electron chi connectivity index (χ1n) is 23.9. The summed E-state index contributed by atoms with van der Waals surface area (Å²) < 4.78 is 4.86. The van der Waals surface area contributed by atoms with Gasteiger partial charge in [0.05, 0.1) is 13.2 Å². The van der Waals surface area contributed by atoms with E-state index in [1.54, 1.807) is 6.92 Å². The number of ketones is 1. The van der Waals surface area contributed by atoms with Crippen molar-refractivity contribution in [3.8, 4) is 0 Å². The second-order valence-corrected chi connectivity index (χ2v) is 11.7. The summed E-state index contributed by atoms with van der Waals surface area (Å²) in [7, 11) is 0. The minimum absolute atomic E-state index is 0.0245. The highest BCUT2D eigenvalue weighted by Crippen LogP contribution is 2.15. The van der Waals surface area contributed by atoms with Gasteiger partial charge in [0.1, 0.15) is 5.92 Å². The van der Waals surface area contributed by atoms with E-state index in [1.807, 2.05) is 0 Å². The Hall–Kier alpha value is -20.9. The first kappa shape index (κ1) is 88.2. The molecule has 1 heterocycles. The van der Waals surface area contributed by atoms with Crippen LogP contribution < -0.4 is 5.84 Å². The van der Waals surface area contributed by atoms with Crippen LogP contribution in [0.25, 0.3) is 0 Å². The number of carbonyl (C=O) groups is 2. The van der Waals surface area contributed by atoms with Crippen LogP contribution in [-0.4, -0.2) is 36.5 Å². The molecule has 1 saturated heterocycles. The number of carbonyl (C=O) groups excluding carboxylic acids is 2. The van der Waals surface area contributed by atoms with Gasteiger partial charge in [-0.1, -0.05) is 5.22 Å². The standard InChI is InChI=1S/C8H14N100O3/c1-2-111-8(110)6-5-108(4-3-7(6)109)107-106-105-104-103-102-101-100-99-98-97-96-95-94-93-92-91-90-89-88-87-86-85-84-83-82-81-80-79-78-77-76-75-74-73-72-71-70-69-68-67-66-65-64-63-62-61-60-59-58-57-56-55-54-53-52-51-50-49-48-47-46-45-44-43-42-41-40-39-38-37-36-35-34-33-32-31-30-29-28-27-26-25-24-23-22-21-20-19-18-17-16-15-14-13-12-11-10-9/h6H,2-5H2,1H3,(H2,9,11,13,15,17,19,21,23,25,27,29,31,33,35,37,39,41,43,45,47,49,51,53,55,57,59,61,63,65,67,69,71,73,75,77,79,81,83,85,87,89,91,93,95,97,99,101,103,105,107). The molecule has 103 heteroatoms. The molecule has 1 atom stereocenters. The zero-order chi connectivity index (χ0) is 79.1. The van der Waals surface area contributed by atoms with Gasteiger partial charge >= 0.3 is 5.97 Å². The molecule has 2 N–H and O–H groups in total. The monoisotopic (exact) mass is 1560 g/mol. The van der Waals surface area contributed by atoms with Crippen molar-refractivity contribution in [3.63, 3.8) is 0 Å². The molecule has 1 aliphatic heterocycles. The fourth-order valence-electron chi connectivity index (χ4n) is 3.13. The lowest BCUT2D eigenvalue weighted by Gasteiger charge is -2.26. The Balaban J connectivity index is 2.11. The van der Waals surface area contributed by atoms with Crippen molar-refractivity contribution in [2.24, 2.45) is 524 Å². The summed E-state index contributed by atoms with van der Waals surface area (Å²) in [4.78, 5) is 23.7. The summed E-state index contributed by atoms with van der Waals surface area (Å²) in [6.07, 6.45) is 0.0784. The average molecular weight is 1560 g/mol. The number of Topliss-reactive ketones (excluding diaryl/α,β-unsaturated/α-hetero) is 1. The Morgan fingerprint density at radius 3 is 0.495 bits per heavy atom. The fourth-order valence-corrected chi connectivity index (χ4v) is 3.13. The van der Waals surface area contributed by atoms with E-state index >= 15 is 0 Å². The van der Waals surface area contributed by atoms with Crippen LogP contribution in [0.15, 0.2) is 512 Å². The van der Waals surface area contributed by atoms with E-state index < -0.39 is 11.9 Å². The minimum Gasteiger partial charge on any atom is -0.465 e. The number of nitrogens with two attached hydrogens (primary N) is 1. The quantitative estimate of drug-likeness (QED) is 0.0203. The maximum Gasteiger partial charge on any atom is 0.318 e. The zero-order valence-corrected chi connectivity index (χ0v) is 51.5. The van der Waals surface area contributed by atoms with E-state index in [0.29, 0.717) is 0 Å². The first-order valence-corrected chi connectivity index (χ1v) is 23.9. The third-order valence-electron chi connectivity index (χ3n) is 5.99. The SMILES string of the molecule is CCOC(=O)C1CN(/N=N/N=N/N=N/N=N/N=N/N=N/N=N/N=N/N=N/N=N/N=N/N=N/N=N/N=N/N=N/N=N/N=N/N=N/N=N/N=N/N=N/N=N/N=N/N=N/N=N/N=N/N=N/N=N/N=N/N=N/N=N/N=N/N=N/N=N/N=N/N=N/N=N/N=N/N=N/N=N/N=N/N=N/N=N/N=N/N=N/N=N/N=N/N=N/N=N/N)CCC1=O. The van der Waals surface area contributed by atoms with Gasteiger partial charge in [-0.3, -0.25) is 14.6 Å². The maximum absolute atomic E-state index is 11.9. The van der Waals surface area contributed by atoms with Gasteiger partial charge in [0.25, 0.3) is 0 Å². The predicted octanol–water partition coefficient (Wildman–Crippen LogP) is 17.3. The Labute approximate surface area is 587 Å². The third-order valence-corrected chi connectivity index (χ3v) is 5.99. The lowest BCUT2D eigenvalue weighted by atomic mass is 9.98. The minimum atomic E-state index is -0.972. The van der Waals surface area contributed by atoms with Crippen molar-refractivity contribution in [1.29, 1.82) is 0 Å². The zero-order valence-electron chi connectivity index (χ0n) is 51.5. The summed E-state index contributed by atoms with van der Waals surface area (Å²) in [6, 6.07) is 0. The van der Waals surface area contributed by atoms with Crippen molar-refractivity contribution in [1.82, 2.24) is 5.01 Å². The molecule has 0 aliphatic carbocycles. The molecule has 0 saturated carbocycles. The molecule has 0 radical (unpaired) electrons. The van der Waals surface area contributed by atoms with Crippen LogP contribution in [0.1, 0.15) is 13.3 Å². The second kappa shape index (κ2) is 78.1. The van der Waals surface area contributed by atoms with Crippen LogP contribution >= 0.6 is 0 Å². The molecule has 0 bridgehead atoms. The number of ether oxygens (including phenoxy) is 1. The van der Waals surface area contributed by atoms with Crippen LogP contribution in [0.5, 0.6) is 0 Å². The number of hydrogen-bond donors (Lipinski definition) is 1. The number of esters is 1. The Morgan fingerprint density at radius 2 is 0.369 bits per heavy atom. The van der Waals surface area contributed by atoms with Gasteiger partial charge in [0.2, 0.25) is 0 Å². The number of hydrogen-bond acceptors (Lipinski definition) is 5. The summed E-state index contributed by atoms with van der Waals surface area (Å²) in [6.45, 7) is 1.95. The van der Waals surface area contributed by atoms with Crippen LogP contribution in [0.4, 0.5) is 0 Å². The first-order chi connectivity index (χ1) is 55.2. The van der Waals surface area contributed by atoms with Gasteiger partial charge in [-0.25, -0.2) is 0 Å². The van der Waals surface area contributed by atoms with Crippen molar-refractivity contribution in [3.05, 3.63) is 0 Å². The lowest BCUT2D eigenvalue weighted by Crippen LogP contribution is -2.42. The lowest BCUT2D eigenvalue weighted by molar-refractivity contribution is -0.154. The van der Waals surface area contributed by atoms with Crippen LogP contribution in [-0.2, 0) is 14.3 Å². The molecule has 0 aromatic heterocycles. The highest BCUT2D eigenvalue weighted by atomic mass is 16.5.